The minimum Gasteiger partial charge on any atom is -0.494 e. The Labute approximate surface area is 211 Å². The van der Waals surface area contributed by atoms with Crippen LogP contribution >= 0.6 is 11.6 Å². The van der Waals surface area contributed by atoms with E-state index in [0.717, 1.165) is 49.4 Å². The van der Waals surface area contributed by atoms with Gasteiger partial charge in [0.25, 0.3) is 0 Å². The highest BCUT2D eigenvalue weighted by Crippen LogP contribution is 2.38. The molecule has 0 radical (unpaired) electrons. The van der Waals surface area contributed by atoms with Crippen molar-refractivity contribution in [3.05, 3.63) is 83.0 Å². The monoisotopic (exact) mass is 516 g/mol. The Balaban J connectivity index is 1.35. The minimum absolute atomic E-state index is 0.00183. The van der Waals surface area contributed by atoms with Gasteiger partial charge < -0.3 is 19.1 Å². The van der Waals surface area contributed by atoms with Gasteiger partial charge >= 0.3 is 6.36 Å². The molecule has 4 aromatic rings. The number of fused-ring (bicyclic) bond motifs is 1. The van der Waals surface area contributed by atoms with Crippen LogP contribution in [-0.4, -0.2) is 47.2 Å². The Morgan fingerprint density at radius 1 is 0.889 bits per heavy atom. The zero-order valence-corrected chi connectivity index (χ0v) is 20.0. The maximum Gasteiger partial charge on any atom is 0.573 e. The molecule has 1 aliphatic heterocycles. The summed E-state index contributed by atoms with van der Waals surface area (Å²) >= 11 is 6.56. The molecule has 1 saturated heterocycles. The normalized spacial score (nSPS) is 14.9. The Hall–Kier alpha value is -3.20. The molecule has 0 spiro atoms. The molecule has 1 aromatic heterocycles. The van der Waals surface area contributed by atoms with Crippen molar-refractivity contribution in [3.8, 4) is 22.8 Å². The number of aromatic nitrogens is 1. The first-order valence-electron chi connectivity index (χ1n) is 11.5. The summed E-state index contributed by atoms with van der Waals surface area (Å²) in [5, 5.41) is 12.5. The van der Waals surface area contributed by atoms with Crippen LogP contribution < -0.4 is 4.74 Å². The highest BCUT2D eigenvalue weighted by Gasteiger charge is 2.31. The number of benzene rings is 3. The third-order valence-electron chi connectivity index (χ3n) is 6.22. The molecule has 0 unspecified atom stereocenters. The van der Waals surface area contributed by atoms with Crippen molar-refractivity contribution in [2.45, 2.75) is 19.5 Å². The highest BCUT2D eigenvalue weighted by molar-refractivity contribution is 6.36. The maximum atomic E-state index is 12.4. The molecule has 5 rings (SSSR count). The van der Waals surface area contributed by atoms with Gasteiger partial charge in [-0.1, -0.05) is 48.0 Å². The highest BCUT2D eigenvalue weighted by atomic mass is 35.5. The second kappa shape index (κ2) is 10.0. The van der Waals surface area contributed by atoms with Gasteiger partial charge in [0.1, 0.15) is 5.75 Å². The molecule has 5 nitrogen and oxygen atoms in total. The minimum atomic E-state index is -4.74. The summed E-state index contributed by atoms with van der Waals surface area (Å²) in [7, 11) is 0. The van der Waals surface area contributed by atoms with Gasteiger partial charge in [0.15, 0.2) is 0 Å². The number of ether oxygens (including phenoxy) is 2. The number of halogens is 4. The Bertz CT molecular complexity index is 1350. The van der Waals surface area contributed by atoms with Crippen molar-refractivity contribution < 1.29 is 27.8 Å². The summed E-state index contributed by atoms with van der Waals surface area (Å²) in [5.41, 5.74) is 3.86. The molecule has 1 N–H and O–H groups in total. The van der Waals surface area contributed by atoms with E-state index in [9.17, 15) is 18.3 Å². The largest absolute Gasteiger partial charge is 0.573 e. The van der Waals surface area contributed by atoms with E-state index in [1.165, 1.54) is 29.8 Å². The van der Waals surface area contributed by atoms with Gasteiger partial charge in [-0.25, -0.2) is 0 Å². The summed E-state index contributed by atoms with van der Waals surface area (Å²) < 4.78 is 48.1. The summed E-state index contributed by atoms with van der Waals surface area (Å²) in [6.07, 6.45) is -2.96. The molecular formula is C27H24ClF3N2O3. The lowest BCUT2D eigenvalue weighted by atomic mass is 10.0. The molecule has 0 aliphatic carbocycles. The van der Waals surface area contributed by atoms with Gasteiger partial charge in [0.2, 0.25) is 5.88 Å². The molecule has 36 heavy (non-hydrogen) atoms. The van der Waals surface area contributed by atoms with Crippen LogP contribution in [0.3, 0.4) is 0 Å². The molecule has 9 heteroatoms. The summed E-state index contributed by atoms with van der Waals surface area (Å²) in [6.45, 7) is 4.53. The zero-order chi connectivity index (χ0) is 25.3. The number of morpholine rings is 1. The Morgan fingerprint density at radius 2 is 1.53 bits per heavy atom. The van der Waals surface area contributed by atoms with Crippen molar-refractivity contribution in [1.29, 1.82) is 0 Å². The maximum absolute atomic E-state index is 12.4. The van der Waals surface area contributed by atoms with Crippen LogP contribution in [-0.2, 0) is 17.8 Å². The first-order chi connectivity index (χ1) is 17.2. The van der Waals surface area contributed by atoms with Gasteiger partial charge in [-0.05, 0) is 46.5 Å². The van der Waals surface area contributed by atoms with E-state index in [1.54, 1.807) is 10.8 Å². The van der Waals surface area contributed by atoms with Gasteiger partial charge in [-0.15, -0.1) is 13.2 Å². The molecule has 1 aliphatic rings. The molecule has 188 valence electrons. The predicted octanol–water partition coefficient (Wildman–Crippen LogP) is 6.45. The van der Waals surface area contributed by atoms with Crippen molar-refractivity contribution in [3.63, 3.8) is 0 Å². The average Bonchev–Trinajstić information content (AvgIpc) is 3.16. The van der Waals surface area contributed by atoms with Crippen LogP contribution in [0.1, 0.15) is 11.1 Å². The van der Waals surface area contributed by atoms with E-state index < -0.39 is 6.36 Å². The molecule has 2 heterocycles. The van der Waals surface area contributed by atoms with Crippen LogP contribution in [0.4, 0.5) is 13.2 Å². The van der Waals surface area contributed by atoms with E-state index in [1.807, 2.05) is 12.1 Å². The molecule has 0 atom stereocenters. The molecule has 0 bridgehead atoms. The quantitative estimate of drug-likeness (QED) is 0.320. The number of hydrogen-bond donors (Lipinski definition) is 1. The lowest BCUT2D eigenvalue weighted by molar-refractivity contribution is -0.274. The van der Waals surface area contributed by atoms with Crippen LogP contribution in [0.2, 0.25) is 5.02 Å². The van der Waals surface area contributed by atoms with E-state index >= 15 is 0 Å². The first kappa shape index (κ1) is 24.5. The van der Waals surface area contributed by atoms with E-state index in [-0.39, 0.29) is 18.2 Å². The second-order valence-corrected chi connectivity index (χ2v) is 9.19. The van der Waals surface area contributed by atoms with Crippen LogP contribution in [0, 0.1) is 0 Å². The van der Waals surface area contributed by atoms with Gasteiger partial charge in [0.05, 0.1) is 30.2 Å². The van der Waals surface area contributed by atoms with E-state index in [2.05, 4.69) is 33.9 Å². The van der Waals surface area contributed by atoms with E-state index in [4.69, 9.17) is 16.3 Å². The summed E-state index contributed by atoms with van der Waals surface area (Å²) in [4.78, 5) is 2.36. The van der Waals surface area contributed by atoms with Gasteiger partial charge in [-0.2, -0.15) is 0 Å². The SMILES string of the molecule is Oc1c2c(Cl)cc(-c3ccc(CN4CCOCC4)cc3)cc2cn1Cc1ccc(OC(F)(F)F)cc1. The van der Waals surface area contributed by atoms with Crippen molar-refractivity contribution in [1.82, 2.24) is 9.47 Å². The number of rotatable bonds is 6. The average molecular weight is 517 g/mol. The number of nitrogens with zero attached hydrogens (tertiary/aromatic N) is 2. The Kier molecular flexibility index (Phi) is 6.83. The standard InChI is InChI=1S/C27H24ClF3N2O3/c28-24-14-21(20-5-1-18(2-6-20)15-32-9-11-35-12-10-32)13-22-17-33(26(34)25(22)24)16-19-3-7-23(8-4-19)36-27(29,30)31/h1-8,13-14,17,34H,9-12,15-16H2. The molecule has 3 aromatic carbocycles. The predicted molar refractivity (Wildman–Crippen MR) is 132 cm³/mol. The molecular weight excluding hydrogens is 493 g/mol. The Morgan fingerprint density at radius 3 is 2.19 bits per heavy atom. The van der Waals surface area contributed by atoms with Crippen molar-refractivity contribution >= 4 is 22.4 Å². The van der Waals surface area contributed by atoms with Crippen molar-refractivity contribution in [2.75, 3.05) is 26.3 Å². The summed E-state index contributed by atoms with van der Waals surface area (Å²) in [5.74, 6) is -0.296. The smallest absolute Gasteiger partial charge is 0.494 e. The van der Waals surface area contributed by atoms with E-state index in [0.29, 0.717) is 16.0 Å². The molecule has 0 amide bonds. The number of hydrogen-bond acceptors (Lipinski definition) is 4. The summed E-state index contributed by atoms with van der Waals surface area (Å²) in [6, 6.07) is 17.7. The lowest BCUT2D eigenvalue weighted by Gasteiger charge is -2.26. The topological polar surface area (TPSA) is 46.9 Å². The van der Waals surface area contributed by atoms with Crippen LogP contribution in [0.25, 0.3) is 21.9 Å². The zero-order valence-electron chi connectivity index (χ0n) is 19.3. The van der Waals surface area contributed by atoms with Crippen molar-refractivity contribution in [2.24, 2.45) is 0 Å². The fourth-order valence-corrected chi connectivity index (χ4v) is 4.75. The lowest BCUT2D eigenvalue weighted by Crippen LogP contribution is -2.35. The molecule has 0 saturated carbocycles. The number of alkyl halides is 3. The van der Waals surface area contributed by atoms with Gasteiger partial charge in [-0.3, -0.25) is 4.90 Å². The fraction of sp³-hybridized carbons (Fsp3) is 0.259. The van der Waals surface area contributed by atoms with Crippen LogP contribution in [0.5, 0.6) is 11.6 Å². The first-order valence-corrected chi connectivity index (χ1v) is 11.9. The fourth-order valence-electron chi connectivity index (χ4n) is 4.44. The van der Waals surface area contributed by atoms with Crippen LogP contribution in [0.15, 0.2) is 66.9 Å². The van der Waals surface area contributed by atoms with Gasteiger partial charge in [0, 0.05) is 31.2 Å². The third-order valence-corrected chi connectivity index (χ3v) is 6.52. The number of aromatic hydroxyl groups is 1. The third kappa shape index (κ3) is 5.61. The second-order valence-electron chi connectivity index (χ2n) is 8.78. The molecule has 1 fully saturated rings.